The van der Waals surface area contributed by atoms with E-state index < -0.39 is 0 Å². The third-order valence-electron chi connectivity index (χ3n) is 2.36. The van der Waals surface area contributed by atoms with Gasteiger partial charge in [0, 0.05) is 6.42 Å². The highest BCUT2D eigenvalue weighted by atomic mass is 16.5. The molecule has 0 fully saturated rings. The average molecular weight is 202 g/mol. The van der Waals surface area contributed by atoms with Gasteiger partial charge in [-0.1, -0.05) is 19.8 Å². The molecule has 0 spiro atoms. The summed E-state index contributed by atoms with van der Waals surface area (Å²) in [6.07, 6.45) is 4.70. The van der Waals surface area contributed by atoms with Crippen molar-refractivity contribution in [1.82, 2.24) is 10.4 Å². The molecule has 14 heavy (non-hydrogen) atoms. The van der Waals surface area contributed by atoms with Gasteiger partial charge in [0.15, 0.2) is 0 Å². The van der Waals surface area contributed by atoms with Crippen LogP contribution in [0.15, 0.2) is 0 Å². The summed E-state index contributed by atoms with van der Waals surface area (Å²) >= 11 is 0. The molecule has 0 saturated heterocycles. The summed E-state index contributed by atoms with van der Waals surface area (Å²) in [7, 11) is 2.11. The Kier molecular flexibility index (Phi) is 8.57. The summed E-state index contributed by atoms with van der Waals surface area (Å²) in [4.78, 5) is 12.9. The lowest BCUT2D eigenvalue weighted by Gasteiger charge is -2.12. The van der Waals surface area contributed by atoms with Gasteiger partial charge in [0.25, 0.3) is 0 Å². The van der Waals surface area contributed by atoms with Gasteiger partial charge >= 0.3 is 0 Å². The molecule has 4 nitrogen and oxygen atoms in total. The van der Waals surface area contributed by atoms with Gasteiger partial charge in [-0.2, -0.15) is 0 Å². The van der Waals surface area contributed by atoms with E-state index in [1.165, 1.54) is 6.42 Å². The molecule has 0 bridgehead atoms. The van der Waals surface area contributed by atoms with Crippen LogP contribution in [0.25, 0.3) is 0 Å². The van der Waals surface area contributed by atoms with E-state index >= 15 is 0 Å². The largest absolute Gasteiger partial charge is 0.307 e. The standard InChI is InChI=1S/C10H22N2O2/c1-3-12(2)9-7-5-4-6-8-10(13)11-14/h14H,3-9H2,1-2H3,(H,11,13). The second-order valence-electron chi connectivity index (χ2n) is 3.60. The first-order valence-electron chi connectivity index (χ1n) is 5.32. The lowest BCUT2D eigenvalue weighted by molar-refractivity contribution is -0.129. The molecule has 4 heteroatoms. The molecule has 1 amide bonds. The summed E-state index contributed by atoms with van der Waals surface area (Å²) in [6, 6.07) is 0. The molecule has 0 saturated carbocycles. The highest BCUT2D eigenvalue weighted by molar-refractivity contribution is 5.74. The minimum atomic E-state index is -0.282. The van der Waals surface area contributed by atoms with Crippen molar-refractivity contribution in [2.45, 2.75) is 39.0 Å². The first kappa shape index (κ1) is 13.4. The van der Waals surface area contributed by atoms with E-state index in [9.17, 15) is 4.79 Å². The highest BCUT2D eigenvalue weighted by Crippen LogP contribution is 2.03. The van der Waals surface area contributed by atoms with Crippen LogP contribution in [0.1, 0.15) is 39.0 Å². The summed E-state index contributed by atoms with van der Waals surface area (Å²) in [6.45, 7) is 4.36. The Morgan fingerprint density at radius 3 is 2.50 bits per heavy atom. The van der Waals surface area contributed by atoms with Crippen LogP contribution in [0.2, 0.25) is 0 Å². The smallest absolute Gasteiger partial charge is 0.243 e. The molecule has 0 aromatic carbocycles. The van der Waals surface area contributed by atoms with Crippen LogP contribution < -0.4 is 5.48 Å². The molecule has 0 radical (unpaired) electrons. The van der Waals surface area contributed by atoms with Gasteiger partial charge in [0.05, 0.1) is 0 Å². The van der Waals surface area contributed by atoms with E-state index in [-0.39, 0.29) is 5.91 Å². The Balaban J connectivity index is 3.10. The molecular formula is C10H22N2O2. The van der Waals surface area contributed by atoms with Crippen molar-refractivity contribution in [1.29, 1.82) is 0 Å². The normalized spacial score (nSPS) is 10.6. The average Bonchev–Trinajstić information content (AvgIpc) is 2.22. The predicted octanol–water partition coefficient (Wildman–Crippen LogP) is 1.39. The maximum Gasteiger partial charge on any atom is 0.243 e. The third-order valence-corrected chi connectivity index (χ3v) is 2.36. The fraction of sp³-hybridized carbons (Fsp3) is 0.900. The fourth-order valence-electron chi connectivity index (χ4n) is 1.23. The molecule has 2 N–H and O–H groups in total. The molecule has 84 valence electrons. The summed E-state index contributed by atoms with van der Waals surface area (Å²) in [5.41, 5.74) is 1.64. The zero-order valence-electron chi connectivity index (χ0n) is 9.25. The highest BCUT2D eigenvalue weighted by Gasteiger charge is 1.98. The van der Waals surface area contributed by atoms with Crippen LogP contribution in [-0.4, -0.2) is 36.2 Å². The molecule has 0 unspecified atom stereocenters. The number of hydrogen-bond donors (Lipinski definition) is 2. The Hall–Kier alpha value is -0.610. The van der Waals surface area contributed by atoms with E-state index in [1.807, 2.05) is 0 Å². The molecule has 0 rings (SSSR count). The van der Waals surface area contributed by atoms with Gasteiger partial charge in [-0.15, -0.1) is 0 Å². The number of nitrogens with one attached hydrogen (secondary N) is 1. The SMILES string of the molecule is CCN(C)CCCCCCC(=O)NO. The lowest BCUT2D eigenvalue weighted by atomic mass is 10.1. The number of unbranched alkanes of at least 4 members (excludes halogenated alkanes) is 3. The van der Waals surface area contributed by atoms with E-state index in [4.69, 9.17) is 5.21 Å². The van der Waals surface area contributed by atoms with Gasteiger partial charge in [0.2, 0.25) is 5.91 Å². The Bertz CT molecular complexity index is 151. The van der Waals surface area contributed by atoms with Crippen LogP contribution in [0.5, 0.6) is 0 Å². The van der Waals surface area contributed by atoms with Gasteiger partial charge in [-0.3, -0.25) is 10.0 Å². The molecule has 0 aliphatic heterocycles. The van der Waals surface area contributed by atoms with E-state index in [0.717, 1.165) is 32.4 Å². The predicted molar refractivity (Wildman–Crippen MR) is 56.2 cm³/mol. The van der Waals surface area contributed by atoms with Gasteiger partial charge in [0.1, 0.15) is 0 Å². The van der Waals surface area contributed by atoms with Crippen molar-refractivity contribution >= 4 is 5.91 Å². The number of carbonyl (C=O) groups is 1. The monoisotopic (exact) mass is 202 g/mol. The number of hydrogen-bond acceptors (Lipinski definition) is 3. The van der Waals surface area contributed by atoms with Crippen molar-refractivity contribution in [3.05, 3.63) is 0 Å². The molecule has 0 atom stereocenters. The molecule has 0 aromatic rings. The first-order chi connectivity index (χ1) is 6.70. The van der Waals surface area contributed by atoms with Crippen LogP contribution >= 0.6 is 0 Å². The Morgan fingerprint density at radius 2 is 1.93 bits per heavy atom. The second kappa shape index (κ2) is 8.97. The fourth-order valence-corrected chi connectivity index (χ4v) is 1.23. The molecule has 0 aliphatic carbocycles. The Morgan fingerprint density at radius 1 is 1.29 bits per heavy atom. The topological polar surface area (TPSA) is 52.6 Å². The maximum absolute atomic E-state index is 10.6. The van der Waals surface area contributed by atoms with E-state index in [0.29, 0.717) is 6.42 Å². The summed E-state index contributed by atoms with van der Waals surface area (Å²) < 4.78 is 0. The van der Waals surface area contributed by atoms with Gasteiger partial charge < -0.3 is 4.90 Å². The van der Waals surface area contributed by atoms with Crippen molar-refractivity contribution in [2.24, 2.45) is 0 Å². The van der Waals surface area contributed by atoms with Crippen molar-refractivity contribution in [2.75, 3.05) is 20.1 Å². The number of carbonyl (C=O) groups excluding carboxylic acids is 1. The molecule has 0 heterocycles. The maximum atomic E-state index is 10.6. The Labute approximate surface area is 86.2 Å². The van der Waals surface area contributed by atoms with Crippen molar-refractivity contribution in [3.63, 3.8) is 0 Å². The lowest BCUT2D eigenvalue weighted by Crippen LogP contribution is -2.19. The summed E-state index contributed by atoms with van der Waals surface area (Å²) in [5, 5.41) is 8.24. The zero-order chi connectivity index (χ0) is 10.8. The molecular weight excluding hydrogens is 180 g/mol. The van der Waals surface area contributed by atoms with Crippen LogP contribution in [-0.2, 0) is 4.79 Å². The van der Waals surface area contributed by atoms with Crippen LogP contribution in [0.4, 0.5) is 0 Å². The van der Waals surface area contributed by atoms with Crippen LogP contribution in [0.3, 0.4) is 0 Å². The minimum Gasteiger partial charge on any atom is -0.307 e. The van der Waals surface area contributed by atoms with Crippen LogP contribution in [0, 0.1) is 0 Å². The van der Waals surface area contributed by atoms with Gasteiger partial charge in [-0.05, 0) is 33.0 Å². The number of nitrogens with zero attached hydrogens (tertiary/aromatic N) is 1. The number of rotatable bonds is 8. The van der Waals surface area contributed by atoms with Crippen molar-refractivity contribution in [3.8, 4) is 0 Å². The summed E-state index contributed by atoms with van der Waals surface area (Å²) in [5.74, 6) is -0.282. The minimum absolute atomic E-state index is 0.282. The quantitative estimate of drug-likeness (QED) is 0.355. The van der Waals surface area contributed by atoms with Crippen molar-refractivity contribution < 1.29 is 10.0 Å². The van der Waals surface area contributed by atoms with Gasteiger partial charge in [-0.25, -0.2) is 5.48 Å². The second-order valence-corrected chi connectivity index (χ2v) is 3.60. The molecule has 0 aromatic heterocycles. The molecule has 0 aliphatic rings. The van der Waals surface area contributed by atoms with E-state index in [2.05, 4.69) is 18.9 Å². The third kappa shape index (κ3) is 8.01. The number of hydroxylamine groups is 1. The van der Waals surface area contributed by atoms with E-state index in [1.54, 1.807) is 5.48 Å². The zero-order valence-corrected chi connectivity index (χ0v) is 9.25. The number of amides is 1. The first-order valence-corrected chi connectivity index (χ1v) is 5.32.